The normalized spacial score (nSPS) is 13.0. The third kappa shape index (κ3) is 3.24. The SMILES string of the molecule is O=C(O)[C@@H](NS(=O)(=O)c1ccc2ncsc2c1)c1ccccc1. The first-order valence-electron chi connectivity index (χ1n) is 6.61. The van der Waals surface area contributed by atoms with Gasteiger partial charge in [-0.05, 0) is 23.8 Å². The van der Waals surface area contributed by atoms with Gasteiger partial charge in [0.05, 0.1) is 20.6 Å². The van der Waals surface area contributed by atoms with E-state index in [2.05, 4.69) is 9.71 Å². The zero-order valence-corrected chi connectivity index (χ0v) is 13.3. The van der Waals surface area contributed by atoms with Crippen LogP contribution in [0.15, 0.2) is 58.9 Å². The fourth-order valence-corrected chi connectivity index (χ4v) is 4.13. The van der Waals surface area contributed by atoms with Crippen LogP contribution in [0.2, 0.25) is 0 Å². The van der Waals surface area contributed by atoms with Crippen molar-refractivity contribution in [3.05, 3.63) is 59.6 Å². The number of benzene rings is 2. The quantitative estimate of drug-likeness (QED) is 0.738. The number of aliphatic carboxylic acids is 1. The molecular weight excluding hydrogens is 336 g/mol. The molecule has 0 fully saturated rings. The van der Waals surface area contributed by atoms with Gasteiger partial charge in [0.1, 0.15) is 6.04 Å². The zero-order valence-electron chi connectivity index (χ0n) is 11.7. The molecule has 0 aliphatic rings. The van der Waals surface area contributed by atoms with Gasteiger partial charge in [0, 0.05) is 0 Å². The summed E-state index contributed by atoms with van der Waals surface area (Å²) in [6.07, 6.45) is 0. The van der Waals surface area contributed by atoms with Crippen LogP contribution in [0.3, 0.4) is 0 Å². The van der Waals surface area contributed by atoms with Crippen molar-refractivity contribution < 1.29 is 18.3 Å². The average Bonchev–Trinajstić information content (AvgIpc) is 3.01. The third-order valence-electron chi connectivity index (χ3n) is 3.27. The number of nitrogens with one attached hydrogen (secondary N) is 1. The largest absolute Gasteiger partial charge is 0.480 e. The van der Waals surface area contributed by atoms with Gasteiger partial charge in [-0.1, -0.05) is 30.3 Å². The minimum atomic E-state index is -3.97. The van der Waals surface area contributed by atoms with Gasteiger partial charge in [0.15, 0.2) is 0 Å². The number of fused-ring (bicyclic) bond motifs is 1. The Bertz CT molecular complexity index is 952. The summed E-state index contributed by atoms with van der Waals surface area (Å²) in [5, 5.41) is 9.34. The van der Waals surface area contributed by atoms with E-state index in [1.807, 2.05) is 0 Å². The average molecular weight is 348 g/mol. The molecule has 0 aliphatic heterocycles. The van der Waals surface area contributed by atoms with Gasteiger partial charge in [0.25, 0.3) is 0 Å². The summed E-state index contributed by atoms with van der Waals surface area (Å²) in [5.41, 5.74) is 2.69. The van der Waals surface area contributed by atoms with Gasteiger partial charge in [0.2, 0.25) is 10.0 Å². The molecule has 0 bridgehead atoms. The Kier molecular flexibility index (Phi) is 4.12. The van der Waals surface area contributed by atoms with E-state index in [0.717, 1.165) is 4.70 Å². The molecule has 23 heavy (non-hydrogen) atoms. The molecule has 1 heterocycles. The molecule has 0 unspecified atom stereocenters. The predicted octanol–water partition coefficient (Wildman–Crippen LogP) is 2.40. The summed E-state index contributed by atoms with van der Waals surface area (Å²) in [6.45, 7) is 0. The maximum absolute atomic E-state index is 12.5. The van der Waals surface area contributed by atoms with Crippen LogP contribution in [0.5, 0.6) is 0 Å². The van der Waals surface area contributed by atoms with Gasteiger partial charge in [-0.15, -0.1) is 11.3 Å². The number of sulfonamides is 1. The second-order valence-electron chi connectivity index (χ2n) is 4.79. The van der Waals surface area contributed by atoms with E-state index in [4.69, 9.17) is 0 Å². The molecule has 6 nitrogen and oxygen atoms in total. The number of thiazole rings is 1. The van der Waals surface area contributed by atoms with Crippen LogP contribution in [-0.4, -0.2) is 24.5 Å². The molecule has 0 radical (unpaired) electrons. The monoisotopic (exact) mass is 348 g/mol. The maximum atomic E-state index is 12.5. The topological polar surface area (TPSA) is 96.4 Å². The minimum absolute atomic E-state index is 0.0106. The fourth-order valence-electron chi connectivity index (χ4n) is 2.13. The number of carboxylic acids is 1. The molecule has 118 valence electrons. The second-order valence-corrected chi connectivity index (χ2v) is 7.39. The Balaban J connectivity index is 1.96. The Morgan fingerprint density at radius 2 is 1.91 bits per heavy atom. The number of hydrogen-bond acceptors (Lipinski definition) is 5. The lowest BCUT2D eigenvalue weighted by Gasteiger charge is -2.15. The van der Waals surface area contributed by atoms with Crippen LogP contribution in [0.4, 0.5) is 0 Å². The lowest BCUT2D eigenvalue weighted by atomic mass is 10.1. The van der Waals surface area contributed by atoms with Gasteiger partial charge in [-0.3, -0.25) is 4.79 Å². The highest BCUT2D eigenvalue weighted by Gasteiger charge is 2.27. The summed E-state index contributed by atoms with van der Waals surface area (Å²) >= 11 is 1.32. The highest BCUT2D eigenvalue weighted by molar-refractivity contribution is 7.89. The van der Waals surface area contributed by atoms with E-state index < -0.39 is 22.0 Å². The number of aromatic nitrogens is 1. The molecule has 1 aromatic heterocycles. The standard InChI is InChI=1S/C15H12N2O4S2/c18-15(19)14(10-4-2-1-3-5-10)17-23(20,21)11-6-7-12-13(8-11)22-9-16-12/h1-9,14,17H,(H,18,19)/t14-/m0/s1. The van der Waals surface area contributed by atoms with Crippen LogP contribution in [0.1, 0.15) is 11.6 Å². The van der Waals surface area contributed by atoms with Gasteiger partial charge in [-0.25, -0.2) is 13.4 Å². The zero-order chi connectivity index (χ0) is 16.4. The van der Waals surface area contributed by atoms with Gasteiger partial charge >= 0.3 is 5.97 Å². The lowest BCUT2D eigenvalue weighted by Crippen LogP contribution is -2.33. The van der Waals surface area contributed by atoms with Crippen molar-refractivity contribution in [1.29, 1.82) is 0 Å². The van der Waals surface area contributed by atoms with E-state index in [1.54, 1.807) is 41.9 Å². The van der Waals surface area contributed by atoms with Crippen molar-refractivity contribution in [3.63, 3.8) is 0 Å². The van der Waals surface area contributed by atoms with E-state index in [1.165, 1.54) is 23.5 Å². The molecule has 2 N–H and O–H groups in total. The molecule has 0 spiro atoms. The highest BCUT2D eigenvalue weighted by Crippen LogP contribution is 2.23. The van der Waals surface area contributed by atoms with Gasteiger partial charge < -0.3 is 5.11 Å². The molecular formula is C15H12N2O4S2. The first-order valence-corrected chi connectivity index (χ1v) is 8.97. The molecule has 8 heteroatoms. The highest BCUT2D eigenvalue weighted by atomic mass is 32.2. The summed E-state index contributed by atoms with van der Waals surface area (Å²) < 4.78 is 28.0. The van der Waals surface area contributed by atoms with Crippen molar-refractivity contribution in [3.8, 4) is 0 Å². The fraction of sp³-hybridized carbons (Fsp3) is 0.0667. The Morgan fingerprint density at radius 3 is 2.61 bits per heavy atom. The number of carboxylic acid groups (broad SMARTS) is 1. The lowest BCUT2D eigenvalue weighted by molar-refractivity contribution is -0.139. The number of hydrogen-bond donors (Lipinski definition) is 2. The maximum Gasteiger partial charge on any atom is 0.326 e. The summed E-state index contributed by atoms with van der Waals surface area (Å²) in [7, 11) is -3.97. The van der Waals surface area contributed by atoms with Gasteiger partial charge in [-0.2, -0.15) is 4.72 Å². The first kappa shape index (κ1) is 15.6. The van der Waals surface area contributed by atoms with E-state index in [9.17, 15) is 18.3 Å². The van der Waals surface area contributed by atoms with Crippen molar-refractivity contribution in [2.24, 2.45) is 0 Å². The molecule has 3 rings (SSSR count). The number of rotatable bonds is 5. The van der Waals surface area contributed by atoms with Crippen LogP contribution >= 0.6 is 11.3 Å². The second kappa shape index (κ2) is 6.07. The van der Waals surface area contributed by atoms with Crippen molar-refractivity contribution in [2.45, 2.75) is 10.9 Å². The number of carbonyl (C=O) groups is 1. The van der Waals surface area contributed by atoms with Crippen LogP contribution in [0.25, 0.3) is 10.2 Å². The molecule has 0 amide bonds. The molecule has 0 aliphatic carbocycles. The molecule has 0 saturated carbocycles. The predicted molar refractivity (Wildman–Crippen MR) is 86.8 cm³/mol. The van der Waals surface area contributed by atoms with Crippen molar-refractivity contribution in [1.82, 2.24) is 9.71 Å². The summed E-state index contributed by atoms with van der Waals surface area (Å²) in [6, 6.07) is 11.3. The van der Waals surface area contributed by atoms with Crippen LogP contribution < -0.4 is 4.72 Å². The third-order valence-corrected chi connectivity index (χ3v) is 5.48. The first-order chi connectivity index (χ1) is 11.0. The van der Waals surface area contributed by atoms with E-state index in [0.29, 0.717) is 11.1 Å². The minimum Gasteiger partial charge on any atom is -0.480 e. The smallest absolute Gasteiger partial charge is 0.326 e. The van der Waals surface area contributed by atoms with E-state index in [-0.39, 0.29) is 4.90 Å². The van der Waals surface area contributed by atoms with E-state index >= 15 is 0 Å². The Hall–Kier alpha value is -2.29. The molecule has 0 saturated heterocycles. The van der Waals surface area contributed by atoms with Crippen molar-refractivity contribution in [2.75, 3.05) is 0 Å². The summed E-state index contributed by atoms with van der Waals surface area (Å²) in [5.74, 6) is -1.27. The van der Waals surface area contributed by atoms with Crippen molar-refractivity contribution >= 4 is 37.5 Å². The summed E-state index contributed by atoms with van der Waals surface area (Å²) in [4.78, 5) is 15.5. The Morgan fingerprint density at radius 1 is 1.17 bits per heavy atom. The van der Waals surface area contributed by atoms with Crippen LogP contribution in [-0.2, 0) is 14.8 Å². The molecule has 2 aromatic carbocycles. The molecule has 3 aromatic rings. The Labute approximate surface area is 136 Å². The van der Waals surface area contributed by atoms with Crippen LogP contribution in [0, 0.1) is 0 Å². The number of nitrogens with zero attached hydrogens (tertiary/aromatic N) is 1. The molecule has 1 atom stereocenters.